The molecular formula is C14H17N7. The second kappa shape index (κ2) is 5.43. The number of hydrogen-bond acceptors (Lipinski definition) is 6. The monoisotopic (exact) mass is 283 g/mol. The van der Waals surface area contributed by atoms with Crippen LogP contribution in [0.4, 0.5) is 5.82 Å². The van der Waals surface area contributed by atoms with Crippen molar-refractivity contribution < 1.29 is 0 Å². The van der Waals surface area contributed by atoms with Gasteiger partial charge in [0.15, 0.2) is 11.5 Å². The zero-order valence-corrected chi connectivity index (χ0v) is 12.3. The van der Waals surface area contributed by atoms with Crippen molar-refractivity contribution in [2.75, 3.05) is 11.9 Å². The first-order valence-electron chi connectivity index (χ1n) is 6.94. The van der Waals surface area contributed by atoms with Gasteiger partial charge in [0.2, 0.25) is 0 Å². The Morgan fingerprint density at radius 1 is 1.19 bits per heavy atom. The SMILES string of the molecule is CCCNc1nc(C)nc2c1cnn2-c1cc(C)ncn1. The lowest BCUT2D eigenvalue weighted by Gasteiger charge is -2.07. The van der Waals surface area contributed by atoms with E-state index in [4.69, 9.17) is 0 Å². The van der Waals surface area contributed by atoms with Gasteiger partial charge >= 0.3 is 0 Å². The predicted molar refractivity (Wildman–Crippen MR) is 80.5 cm³/mol. The van der Waals surface area contributed by atoms with E-state index in [-0.39, 0.29) is 0 Å². The highest BCUT2D eigenvalue weighted by Gasteiger charge is 2.13. The number of fused-ring (bicyclic) bond motifs is 1. The molecule has 3 rings (SSSR count). The van der Waals surface area contributed by atoms with Gasteiger partial charge in [-0.3, -0.25) is 0 Å². The fourth-order valence-corrected chi connectivity index (χ4v) is 2.12. The van der Waals surface area contributed by atoms with E-state index in [9.17, 15) is 0 Å². The molecule has 7 heteroatoms. The zero-order chi connectivity index (χ0) is 14.8. The molecule has 0 radical (unpaired) electrons. The van der Waals surface area contributed by atoms with Crippen molar-refractivity contribution in [3.05, 3.63) is 30.1 Å². The first-order chi connectivity index (χ1) is 10.2. The fraction of sp³-hybridized carbons (Fsp3) is 0.357. The molecule has 0 atom stereocenters. The summed E-state index contributed by atoms with van der Waals surface area (Å²) in [4.78, 5) is 17.3. The van der Waals surface area contributed by atoms with Crippen LogP contribution in [-0.4, -0.2) is 36.3 Å². The first-order valence-corrected chi connectivity index (χ1v) is 6.94. The highest BCUT2D eigenvalue weighted by atomic mass is 15.3. The van der Waals surface area contributed by atoms with E-state index in [1.54, 1.807) is 10.9 Å². The third kappa shape index (κ3) is 2.54. The number of nitrogens with one attached hydrogen (secondary N) is 1. The van der Waals surface area contributed by atoms with E-state index in [2.05, 4.69) is 37.3 Å². The summed E-state index contributed by atoms with van der Waals surface area (Å²) in [7, 11) is 0. The van der Waals surface area contributed by atoms with Crippen LogP contribution < -0.4 is 5.32 Å². The van der Waals surface area contributed by atoms with Gasteiger partial charge in [-0.05, 0) is 20.3 Å². The maximum absolute atomic E-state index is 4.50. The van der Waals surface area contributed by atoms with Crippen molar-refractivity contribution in [1.29, 1.82) is 0 Å². The molecule has 108 valence electrons. The lowest BCUT2D eigenvalue weighted by atomic mass is 10.3. The molecular weight excluding hydrogens is 266 g/mol. The average molecular weight is 283 g/mol. The quantitative estimate of drug-likeness (QED) is 0.789. The Balaban J connectivity index is 2.15. The number of aryl methyl sites for hydroxylation is 2. The van der Waals surface area contributed by atoms with Gasteiger partial charge in [-0.1, -0.05) is 6.92 Å². The summed E-state index contributed by atoms with van der Waals surface area (Å²) in [6.45, 7) is 6.78. The number of aromatic nitrogens is 6. The van der Waals surface area contributed by atoms with Gasteiger partial charge in [0.1, 0.15) is 18.0 Å². The van der Waals surface area contributed by atoms with Crippen molar-refractivity contribution in [3.8, 4) is 5.82 Å². The number of hydrogen-bond donors (Lipinski definition) is 1. The van der Waals surface area contributed by atoms with E-state index in [1.807, 2.05) is 19.9 Å². The molecule has 0 fully saturated rings. The zero-order valence-electron chi connectivity index (χ0n) is 12.3. The Morgan fingerprint density at radius 3 is 2.81 bits per heavy atom. The largest absolute Gasteiger partial charge is 0.369 e. The second-order valence-electron chi connectivity index (χ2n) is 4.86. The summed E-state index contributed by atoms with van der Waals surface area (Å²) >= 11 is 0. The predicted octanol–water partition coefficient (Wildman–Crippen LogP) is 2.04. The molecule has 0 saturated carbocycles. The topological polar surface area (TPSA) is 81.4 Å². The molecule has 1 N–H and O–H groups in total. The van der Waals surface area contributed by atoms with Gasteiger partial charge < -0.3 is 5.32 Å². The van der Waals surface area contributed by atoms with Crippen molar-refractivity contribution >= 4 is 16.9 Å². The van der Waals surface area contributed by atoms with Gasteiger partial charge in [0.25, 0.3) is 0 Å². The van der Waals surface area contributed by atoms with Crippen LogP contribution in [0.2, 0.25) is 0 Å². The molecule has 3 heterocycles. The normalized spacial score (nSPS) is 11.0. The molecule has 0 aliphatic carbocycles. The van der Waals surface area contributed by atoms with Crippen LogP contribution in [0, 0.1) is 13.8 Å². The molecule has 0 amide bonds. The first kappa shape index (κ1) is 13.4. The van der Waals surface area contributed by atoms with E-state index in [0.717, 1.165) is 35.5 Å². The Labute approximate surface area is 122 Å². The van der Waals surface area contributed by atoms with E-state index in [0.29, 0.717) is 11.6 Å². The second-order valence-corrected chi connectivity index (χ2v) is 4.86. The van der Waals surface area contributed by atoms with Crippen LogP contribution in [0.1, 0.15) is 24.9 Å². The molecule has 0 saturated heterocycles. The molecule has 0 spiro atoms. The Bertz CT molecular complexity index is 778. The third-order valence-corrected chi connectivity index (χ3v) is 3.09. The Morgan fingerprint density at radius 2 is 2.05 bits per heavy atom. The van der Waals surface area contributed by atoms with Crippen LogP contribution in [0.3, 0.4) is 0 Å². The van der Waals surface area contributed by atoms with Crippen LogP contribution in [0.25, 0.3) is 16.9 Å². The van der Waals surface area contributed by atoms with Crippen LogP contribution in [-0.2, 0) is 0 Å². The van der Waals surface area contributed by atoms with Crippen LogP contribution >= 0.6 is 0 Å². The minimum atomic E-state index is 0.702. The van der Waals surface area contributed by atoms with Crippen molar-refractivity contribution in [2.24, 2.45) is 0 Å². The van der Waals surface area contributed by atoms with Gasteiger partial charge in [-0.25, -0.2) is 19.9 Å². The van der Waals surface area contributed by atoms with Crippen molar-refractivity contribution in [2.45, 2.75) is 27.2 Å². The summed E-state index contributed by atoms with van der Waals surface area (Å²) in [5, 5.41) is 8.61. The maximum Gasteiger partial charge on any atom is 0.170 e. The summed E-state index contributed by atoms with van der Waals surface area (Å²) in [6, 6.07) is 1.88. The molecule has 0 aromatic carbocycles. The minimum Gasteiger partial charge on any atom is -0.369 e. The molecule has 0 bridgehead atoms. The number of nitrogens with zero attached hydrogens (tertiary/aromatic N) is 6. The van der Waals surface area contributed by atoms with Crippen LogP contribution in [0.5, 0.6) is 0 Å². The molecule has 3 aromatic heterocycles. The van der Waals surface area contributed by atoms with E-state index in [1.165, 1.54) is 6.33 Å². The lowest BCUT2D eigenvalue weighted by molar-refractivity contribution is 0.845. The standard InChI is InChI=1S/C14H17N7/c1-4-5-15-13-11-7-18-21(14(11)20-10(3)19-13)12-6-9(2)16-8-17-12/h6-8H,4-5H2,1-3H3,(H,15,19,20). The summed E-state index contributed by atoms with van der Waals surface area (Å²) in [5.41, 5.74) is 1.64. The van der Waals surface area contributed by atoms with Gasteiger partial charge in [0.05, 0.1) is 11.6 Å². The molecule has 0 aliphatic heterocycles. The molecule has 0 unspecified atom stereocenters. The lowest BCUT2D eigenvalue weighted by Crippen LogP contribution is -2.06. The minimum absolute atomic E-state index is 0.702. The summed E-state index contributed by atoms with van der Waals surface area (Å²) in [6.07, 6.45) is 4.33. The van der Waals surface area contributed by atoms with E-state index >= 15 is 0 Å². The molecule has 7 nitrogen and oxygen atoms in total. The Hall–Kier alpha value is -2.57. The van der Waals surface area contributed by atoms with Crippen molar-refractivity contribution in [3.63, 3.8) is 0 Å². The highest BCUT2D eigenvalue weighted by Crippen LogP contribution is 2.22. The Kier molecular flexibility index (Phi) is 3.47. The number of rotatable bonds is 4. The highest BCUT2D eigenvalue weighted by molar-refractivity contribution is 5.87. The van der Waals surface area contributed by atoms with Crippen LogP contribution in [0.15, 0.2) is 18.6 Å². The molecule has 3 aromatic rings. The fourth-order valence-electron chi connectivity index (χ4n) is 2.12. The molecule has 21 heavy (non-hydrogen) atoms. The van der Waals surface area contributed by atoms with E-state index < -0.39 is 0 Å². The average Bonchev–Trinajstić information content (AvgIpc) is 2.88. The smallest absolute Gasteiger partial charge is 0.170 e. The maximum atomic E-state index is 4.50. The van der Waals surface area contributed by atoms with Gasteiger partial charge in [0, 0.05) is 18.3 Å². The van der Waals surface area contributed by atoms with Gasteiger partial charge in [-0.2, -0.15) is 9.78 Å². The summed E-state index contributed by atoms with van der Waals surface area (Å²) in [5.74, 6) is 2.22. The van der Waals surface area contributed by atoms with Crippen molar-refractivity contribution in [1.82, 2.24) is 29.7 Å². The molecule has 0 aliphatic rings. The van der Waals surface area contributed by atoms with Gasteiger partial charge in [-0.15, -0.1) is 0 Å². The number of anilines is 1. The third-order valence-electron chi connectivity index (χ3n) is 3.09. The summed E-state index contributed by atoms with van der Waals surface area (Å²) < 4.78 is 1.72.